The molecule has 3 aliphatic rings. The quantitative estimate of drug-likeness (QED) is 0.305. The lowest BCUT2D eigenvalue weighted by molar-refractivity contribution is -0.139. The second kappa shape index (κ2) is 13.8. The van der Waals surface area contributed by atoms with Crippen LogP contribution in [0.5, 0.6) is 23.0 Å². The molecule has 3 aliphatic heterocycles. The Morgan fingerprint density at radius 1 is 1.07 bits per heavy atom. The molecule has 0 spiro atoms. The number of methoxy groups -OCH3 is 1. The van der Waals surface area contributed by atoms with E-state index in [0.29, 0.717) is 87.5 Å². The van der Waals surface area contributed by atoms with Gasteiger partial charge < -0.3 is 33.3 Å². The van der Waals surface area contributed by atoms with Gasteiger partial charge in [0.1, 0.15) is 0 Å². The van der Waals surface area contributed by atoms with Gasteiger partial charge in [-0.25, -0.2) is 9.79 Å². The number of hydrogen-bond donors (Lipinski definition) is 0. The molecular formula is C33H35N3O9S. The molecule has 1 saturated heterocycles. The average Bonchev–Trinajstić information content (AvgIpc) is 3.67. The van der Waals surface area contributed by atoms with E-state index in [-0.39, 0.29) is 31.5 Å². The van der Waals surface area contributed by atoms with E-state index in [1.807, 2.05) is 13.0 Å². The first-order chi connectivity index (χ1) is 22.4. The zero-order chi connectivity index (χ0) is 32.2. The fourth-order valence-corrected chi connectivity index (χ4v) is 6.63. The maximum Gasteiger partial charge on any atom is 0.338 e. The number of carbonyl (C=O) groups is 2. The Morgan fingerprint density at radius 3 is 2.63 bits per heavy atom. The second-order valence-electron chi connectivity index (χ2n) is 10.7. The summed E-state index contributed by atoms with van der Waals surface area (Å²) in [6, 6.07) is 9.87. The highest BCUT2D eigenvalue weighted by atomic mass is 32.1. The lowest BCUT2D eigenvalue weighted by Gasteiger charge is -2.26. The number of thiazole rings is 1. The largest absolute Gasteiger partial charge is 0.493 e. The van der Waals surface area contributed by atoms with E-state index in [9.17, 15) is 14.4 Å². The summed E-state index contributed by atoms with van der Waals surface area (Å²) < 4.78 is 35.2. The van der Waals surface area contributed by atoms with E-state index in [0.717, 1.165) is 6.42 Å². The summed E-state index contributed by atoms with van der Waals surface area (Å²) in [6.07, 6.45) is 3.03. The molecule has 13 heteroatoms. The predicted octanol–water partition coefficient (Wildman–Crippen LogP) is 2.55. The number of benzene rings is 2. The number of allylic oxidation sites excluding steroid dienone is 1. The van der Waals surface area contributed by atoms with Crippen LogP contribution >= 0.6 is 11.3 Å². The van der Waals surface area contributed by atoms with Gasteiger partial charge in [0.25, 0.3) is 11.5 Å². The third-order valence-electron chi connectivity index (χ3n) is 7.80. The number of morpholine rings is 1. The smallest absolute Gasteiger partial charge is 0.338 e. The minimum atomic E-state index is -0.775. The molecule has 1 fully saturated rings. The van der Waals surface area contributed by atoms with E-state index in [1.165, 1.54) is 18.4 Å². The molecule has 0 saturated carbocycles. The molecule has 2 aromatic carbocycles. The number of amides is 1. The SMILES string of the molecule is CCCC1=C(C(=O)OCC)[C@@H](c2ccc3c(c2)OCO3)n2c(s/c(=C/c3ccc(OCC(=O)N4CCOCC4)c(OC)c3)c2=O)=N1. The molecule has 0 bridgehead atoms. The van der Waals surface area contributed by atoms with Gasteiger partial charge >= 0.3 is 5.97 Å². The molecule has 1 aromatic heterocycles. The highest BCUT2D eigenvalue weighted by Crippen LogP contribution is 2.39. The van der Waals surface area contributed by atoms with Crippen LogP contribution in [-0.2, 0) is 19.1 Å². The Labute approximate surface area is 269 Å². The first-order valence-electron chi connectivity index (χ1n) is 15.2. The van der Waals surface area contributed by atoms with Crippen LogP contribution in [0.15, 0.2) is 57.5 Å². The maximum absolute atomic E-state index is 14.1. The van der Waals surface area contributed by atoms with E-state index in [4.69, 9.17) is 33.4 Å². The first-order valence-corrected chi connectivity index (χ1v) is 16.0. The predicted molar refractivity (Wildman–Crippen MR) is 168 cm³/mol. The zero-order valence-electron chi connectivity index (χ0n) is 25.9. The van der Waals surface area contributed by atoms with Crippen LogP contribution in [0.25, 0.3) is 6.08 Å². The molecule has 0 N–H and O–H groups in total. The Morgan fingerprint density at radius 2 is 1.87 bits per heavy atom. The molecule has 46 heavy (non-hydrogen) atoms. The Kier molecular flexibility index (Phi) is 9.41. The molecule has 242 valence electrons. The van der Waals surface area contributed by atoms with Crippen LogP contribution in [0, 0.1) is 0 Å². The van der Waals surface area contributed by atoms with Crippen molar-refractivity contribution in [3.05, 3.63) is 78.5 Å². The normalized spacial score (nSPS) is 17.4. The molecule has 1 atom stereocenters. The zero-order valence-corrected chi connectivity index (χ0v) is 26.7. The fraction of sp³-hybridized carbons (Fsp3) is 0.394. The van der Waals surface area contributed by atoms with Crippen molar-refractivity contribution < 1.29 is 38.0 Å². The average molecular weight is 650 g/mol. The second-order valence-corrected chi connectivity index (χ2v) is 11.7. The van der Waals surface area contributed by atoms with Crippen molar-refractivity contribution in [2.75, 3.05) is 53.4 Å². The van der Waals surface area contributed by atoms with Gasteiger partial charge in [0.05, 0.1) is 48.8 Å². The third-order valence-corrected chi connectivity index (χ3v) is 8.79. The van der Waals surface area contributed by atoms with Gasteiger partial charge in [0.15, 0.2) is 34.4 Å². The van der Waals surface area contributed by atoms with E-state index in [2.05, 4.69) is 0 Å². The summed E-state index contributed by atoms with van der Waals surface area (Å²) in [5.41, 5.74) is 1.98. The van der Waals surface area contributed by atoms with Crippen molar-refractivity contribution >= 4 is 29.3 Å². The lowest BCUT2D eigenvalue weighted by Crippen LogP contribution is -2.43. The van der Waals surface area contributed by atoms with Crippen molar-refractivity contribution in [2.24, 2.45) is 4.99 Å². The van der Waals surface area contributed by atoms with Gasteiger partial charge in [-0.05, 0) is 54.8 Å². The van der Waals surface area contributed by atoms with Crippen molar-refractivity contribution in [2.45, 2.75) is 32.7 Å². The summed E-state index contributed by atoms with van der Waals surface area (Å²) in [6.45, 7) is 6.00. The van der Waals surface area contributed by atoms with Crippen LogP contribution in [0.2, 0.25) is 0 Å². The Balaban J connectivity index is 1.38. The molecule has 4 heterocycles. The number of esters is 1. The number of fused-ring (bicyclic) bond motifs is 2. The monoisotopic (exact) mass is 649 g/mol. The van der Waals surface area contributed by atoms with Crippen LogP contribution in [0.1, 0.15) is 43.9 Å². The highest BCUT2D eigenvalue weighted by Gasteiger charge is 2.35. The summed E-state index contributed by atoms with van der Waals surface area (Å²) in [4.78, 5) is 47.1. The molecule has 6 rings (SSSR count). The van der Waals surface area contributed by atoms with Gasteiger partial charge in [-0.15, -0.1) is 0 Å². The van der Waals surface area contributed by atoms with Crippen LogP contribution < -0.4 is 33.8 Å². The van der Waals surface area contributed by atoms with Crippen LogP contribution in [0.4, 0.5) is 0 Å². The highest BCUT2D eigenvalue weighted by molar-refractivity contribution is 7.07. The Bertz CT molecular complexity index is 1860. The van der Waals surface area contributed by atoms with Crippen molar-refractivity contribution in [1.29, 1.82) is 0 Å². The van der Waals surface area contributed by atoms with Gasteiger partial charge in [0, 0.05) is 13.1 Å². The number of hydrogen-bond acceptors (Lipinski definition) is 11. The molecule has 3 aromatic rings. The molecule has 1 amide bonds. The summed E-state index contributed by atoms with van der Waals surface area (Å²) in [5, 5.41) is 0. The molecule has 0 aliphatic carbocycles. The molecular weight excluding hydrogens is 614 g/mol. The summed E-state index contributed by atoms with van der Waals surface area (Å²) in [7, 11) is 1.52. The number of carbonyl (C=O) groups excluding carboxylic acids is 2. The minimum absolute atomic E-state index is 0.0979. The van der Waals surface area contributed by atoms with E-state index >= 15 is 0 Å². The summed E-state index contributed by atoms with van der Waals surface area (Å²) in [5.74, 6) is 1.32. The van der Waals surface area contributed by atoms with E-state index in [1.54, 1.807) is 52.8 Å². The van der Waals surface area contributed by atoms with Crippen molar-refractivity contribution in [3.8, 4) is 23.0 Å². The molecule has 0 radical (unpaired) electrons. The lowest BCUT2D eigenvalue weighted by atomic mass is 9.94. The van der Waals surface area contributed by atoms with Crippen LogP contribution in [0.3, 0.4) is 0 Å². The van der Waals surface area contributed by atoms with Gasteiger partial charge in [0.2, 0.25) is 6.79 Å². The third kappa shape index (κ3) is 6.24. The number of ether oxygens (including phenoxy) is 6. The summed E-state index contributed by atoms with van der Waals surface area (Å²) >= 11 is 1.24. The van der Waals surface area contributed by atoms with Gasteiger partial charge in [-0.2, -0.15) is 0 Å². The molecule has 0 unspecified atom stereocenters. The van der Waals surface area contributed by atoms with Crippen molar-refractivity contribution in [3.63, 3.8) is 0 Å². The fourth-order valence-electron chi connectivity index (χ4n) is 5.61. The standard InChI is InChI=1S/C33H35N3O9S/c1-4-6-22-29(32(39)42-5-2)30(21-8-10-24-26(17-21)45-19-44-24)36-31(38)27(46-33(36)34-22)16-20-7-9-23(25(15-20)40-3)43-18-28(37)35-11-13-41-14-12-35/h7-10,15-17,30H,4-6,11-14,18-19H2,1-3H3/b27-16+/t30-/m1/s1. The Hall–Kier alpha value is -4.62. The van der Waals surface area contributed by atoms with Crippen LogP contribution in [-0.4, -0.2) is 74.8 Å². The van der Waals surface area contributed by atoms with Crippen molar-refractivity contribution in [1.82, 2.24) is 9.47 Å². The van der Waals surface area contributed by atoms with E-state index < -0.39 is 12.0 Å². The molecule has 12 nitrogen and oxygen atoms in total. The van der Waals surface area contributed by atoms with Gasteiger partial charge in [-0.3, -0.25) is 14.2 Å². The topological polar surface area (TPSA) is 127 Å². The number of rotatable bonds is 10. The maximum atomic E-state index is 14.1. The minimum Gasteiger partial charge on any atom is -0.493 e. The number of nitrogens with zero attached hydrogens (tertiary/aromatic N) is 3. The first kappa shape index (κ1) is 31.4. The number of aromatic nitrogens is 1. The van der Waals surface area contributed by atoms with Gasteiger partial charge in [-0.1, -0.05) is 36.8 Å².